The number of ketones is 1. The van der Waals surface area contributed by atoms with Crippen molar-refractivity contribution in [3.8, 4) is 0 Å². The van der Waals surface area contributed by atoms with Crippen LogP contribution < -0.4 is 11.1 Å². The fourth-order valence-electron chi connectivity index (χ4n) is 1.82. The lowest BCUT2D eigenvalue weighted by Crippen LogP contribution is -2.02. The number of hydrogen-bond acceptors (Lipinski definition) is 6. The summed E-state index contributed by atoms with van der Waals surface area (Å²) in [5.74, 6) is 0.0616. The van der Waals surface area contributed by atoms with Gasteiger partial charge in [-0.3, -0.25) is 9.78 Å². The molecule has 104 valence electrons. The van der Waals surface area contributed by atoms with Gasteiger partial charge in [-0.05, 0) is 24.3 Å². The van der Waals surface area contributed by atoms with Crippen molar-refractivity contribution in [3.05, 3.63) is 65.3 Å². The molecule has 0 aliphatic carbocycles. The molecule has 2 heterocycles. The number of aromatic nitrogens is 2. The Kier molecular flexibility index (Phi) is 3.61. The van der Waals surface area contributed by atoms with Gasteiger partial charge in [-0.2, -0.15) is 0 Å². The van der Waals surface area contributed by atoms with Crippen molar-refractivity contribution in [3.63, 3.8) is 0 Å². The number of hydrogen-bond donors (Lipinski definition) is 2. The highest BCUT2D eigenvalue weighted by Crippen LogP contribution is 2.29. The maximum atomic E-state index is 12.4. The minimum atomic E-state index is -0.167. The molecule has 0 aliphatic rings. The summed E-state index contributed by atoms with van der Waals surface area (Å²) in [5, 5.41) is 3.72. The van der Waals surface area contributed by atoms with Crippen molar-refractivity contribution in [2.75, 3.05) is 11.1 Å². The van der Waals surface area contributed by atoms with Crippen molar-refractivity contribution in [2.45, 2.75) is 0 Å². The third kappa shape index (κ3) is 2.90. The number of nitrogen functional groups attached to an aromatic ring is 1. The van der Waals surface area contributed by atoms with Gasteiger partial charge >= 0.3 is 0 Å². The van der Waals surface area contributed by atoms with Gasteiger partial charge < -0.3 is 11.1 Å². The number of thiazole rings is 1. The van der Waals surface area contributed by atoms with Gasteiger partial charge in [0.15, 0.2) is 5.13 Å². The van der Waals surface area contributed by atoms with Crippen molar-refractivity contribution in [2.24, 2.45) is 0 Å². The van der Waals surface area contributed by atoms with Crippen molar-refractivity contribution in [1.29, 1.82) is 0 Å². The largest absolute Gasteiger partial charge is 0.382 e. The van der Waals surface area contributed by atoms with Crippen LogP contribution in [0.3, 0.4) is 0 Å². The third-order valence-corrected chi connectivity index (χ3v) is 3.79. The van der Waals surface area contributed by atoms with E-state index in [1.807, 2.05) is 30.3 Å². The zero-order chi connectivity index (χ0) is 14.7. The lowest BCUT2D eigenvalue weighted by molar-refractivity contribution is 0.104. The molecule has 3 N–H and O–H groups in total. The zero-order valence-electron chi connectivity index (χ0n) is 11.0. The molecule has 0 saturated heterocycles. The molecular weight excluding hydrogens is 284 g/mol. The number of carbonyl (C=O) groups is 1. The molecule has 1 aromatic carbocycles. The van der Waals surface area contributed by atoms with Crippen LogP contribution in [0.1, 0.15) is 15.2 Å². The molecule has 0 radical (unpaired) electrons. The summed E-state index contributed by atoms with van der Waals surface area (Å²) in [5.41, 5.74) is 7.25. The summed E-state index contributed by atoms with van der Waals surface area (Å²) in [4.78, 5) is 20.9. The van der Waals surface area contributed by atoms with E-state index in [-0.39, 0.29) is 11.6 Å². The van der Waals surface area contributed by atoms with E-state index in [1.54, 1.807) is 18.3 Å². The molecule has 21 heavy (non-hydrogen) atoms. The predicted molar refractivity (Wildman–Crippen MR) is 83.9 cm³/mol. The lowest BCUT2D eigenvalue weighted by Gasteiger charge is -2.00. The number of rotatable bonds is 4. The summed E-state index contributed by atoms with van der Waals surface area (Å²) in [6.07, 6.45) is 3.14. The van der Waals surface area contributed by atoms with Gasteiger partial charge in [0.25, 0.3) is 0 Å². The molecule has 0 aliphatic heterocycles. The highest BCUT2D eigenvalue weighted by atomic mass is 32.1. The molecule has 0 saturated carbocycles. The molecule has 0 atom stereocenters. The van der Waals surface area contributed by atoms with Gasteiger partial charge in [-0.25, -0.2) is 4.98 Å². The molecule has 0 fully saturated rings. The van der Waals surface area contributed by atoms with E-state index in [1.165, 1.54) is 17.5 Å². The Balaban J connectivity index is 1.86. The van der Waals surface area contributed by atoms with Crippen LogP contribution in [0.2, 0.25) is 0 Å². The monoisotopic (exact) mass is 296 g/mol. The maximum Gasteiger partial charge on any atom is 0.208 e. The molecular formula is C15H12N4OS. The van der Waals surface area contributed by atoms with E-state index in [9.17, 15) is 4.79 Å². The number of nitrogens with one attached hydrogen (secondary N) is 1. The second-order valence-electron chi connectivity index (χ2n) is 4.30. The minimum absolute atomic E-state index is 0.167. The van der Waals surface area contributed by atoms with Crippen LogP contribution in [0.15, 0.2) is 54.9 Å². The number of para-hydroxylation sites is 1. The normalized spacial score (nSPS) is 10.3. The third-order valence-electron chi connectivity index (χ3n) is 2.81. The average molecular weight is 296 g/mol. The Hall–Kier alpha value is -2.73. The molecule has 0 spiro atoms. The number of nitrogens with zero attached hydrogens (tertiary/aromatic N) is 2. The second-order valence-corrected chi connectivity index (χ2v) is 5.29. The summed E-state index contributed by atoms with van der Waals surface area (Å²) in [7, 11) is 0. The van der Waals surface area contributed by atoms with Crippen molar-refractivity contribution < 1.29 is 4.79 Å². The molecule has 5 nitrogen and oxygen atoms in total. The molecule has 6 heteroatoms. The van der Waals surface area contributed by atoms with Gasteiger partial charge in [0.2, 0.25) is 5.78 Å². The lowest BCUT2D eigenvalue weighted by atomic mass is 10.2. The number of benzene rings is 1. The highest BCUT2D eigenvalue weighted by molar-refractivity contribution is 7.18. The maximum absolute atomic E-state index is 12.4. The minimum Gasteiger partial charge on any atom is -0.382 e. The van der Waals surface area contributed by atoms with Crippen LogP contribution in [0.25, 0.3) is 0 Å². The second kappa shape index (κ2) is 5.72. The smallest absolute Gasteiger partial charge is 0.208 e. The molecule has 0 bridgehead atoms. The van der Waals surface area contributed by atoms with Gasteiger partial charge in [-0.1, -0.05) is 29.5 Å². The zero-order valence-corrected chi connectivity index (χ0v) is 11.8. The van der Waals surface area contributed by atoms with Crippen LogP contribution in [0.5, 0.6) is 0 Å². The van der Waals surface area contributed by atoms with E-state index < -0.39 is 0 Å². The van der Waals surface area contributed by atoms with Gasteiger partial charge in [-0.15, -0.1) is 0 Å². The van der Waals surface area contributed by atoms with E-state index in [2.05, 4.69) is 15.3 Å². The molecule has 2 aromatic heterocycles. The summed E-state index contributed by atoms with van der Waals surface area (Å²) >= 11 is 1.23. The van der Waals surface area contributed by atoms with E-state index in [4.69, 9.17) is 5.73 Å². The van der Waals surface area contributed by atoms with Gasteiger partial charge in [0, 0.05) is 23.6 Å². The first-order chi connectivity index (χ1) is 10.2. The Morgan fingerprint density at radius 2 is 1.95 bits per heavy atom. The Morgan fingerprint density at radius 3 is 2.67 bits per heavy atom. The van der Waals surface area contributed by atoms with E-state index >= 15 is 0 Å². The molecule has 0 unspecified atom stereocenters. The number of pyridine rings is 1. The fraction of sp³-hybridized carbons (Fsp3) is 0. The van der Waals surface area contributed by atoms with Crippen molar-refractivity contribution in [1.82, 2.24) is 9.97 Å². The van der Waals surface area contributed by atoms with E-state index in [0.717, 1.165) is 5.69 Å². The Bertz CT molecular complexity index is 756. The SMILES string of the molecule is Nc1nc(Nc2ccccc2)sc1C(=O)c1cccnc1. The first kappa shape index (κ1) is 13.3. The standard InChI is InChI=1S/C15H12N4OS/c16-14-13(12(20)10-5-4-8-17-9-10)21-15(19-14)18-11-6-2-1-3-7-11/h1-9H,16H2,(H,18,19). The Labute approximate surface area is 125 Å². The quantitative estimate of drug-likeness (QED) is 0.723. The van der Waals surface area contributed by atoms with Crippen LogP contribution in [-0.2, 0) is 0 Å². The number of anilines is 3. The van der Waals surface area contributed by atoms with Gasteiger partial charge in [0.1, 0.15) is 10.7 Å². The fourth-order valence-corrected chi connectivity index (χ4v) is 2.69. The predicted octanol–water partition coefficient (Wildman–Crippen LogP) is 3.09. The topological polar surface area (TPSA) is 80.9 Å². The van der Waals surface area contributed by atoms with Crippen molar-refractivity contribution >= 4 is 33.8 Å². The molecule has 0 amide bonds. The molecule has 3 rings (SSSR count). The Morgan fingerprint density at radius 1 is 1.14 bits per heavy atom. The summed E-state index contributed by atoms with van der Waals surface area (Å²) in [6.45, 7) is 0. The van der Waals surface area contributed by atoms with Crippen LogP contribution in [0.4, 0.5) is 16.6 Å². The number of carbonyl (C=O) groups excluding carboxylic acids is 1. The van der Waals surface area contributed by atoms with E-state index in [0.29, 0.717) is 15.6 Å². The van der Waals surface area contributed by atoms with Crippen LogP contribution in [0, 0.1) is 0 Å². The first-order valence-electron chi connectivity index (χ1n) is 6.27. The van der Waals surface area contributed by atoms with Crippen LogP contribution in [-0.4, -0.2) is 15.8 Å². The van der Waals surface area contributed by atoms with Crippen LogP contribution >= 0.6 is 11.3 Å². The summed E-state index contributed by atoms with van der Waals surface area (Å²) in [6, 6.07) is 13.0. The highest BCUT2D eigenvalue weighted by Gasteiger charge is 2.18. The summed E-state index contributed by atoms with van der Waals surface area (Å²) < 4.78 is 0. The number of nitrogens with two attached hydrogens (primary N) is 1. The average Bonchev–Trinajstić information content (AvgIpc) is 2.89. The first-order valence-corrected chi connectivity index (χ1v) is 7.09. The molecule has 3 aromatic rings. The van der Waals surface area contributed by atoms with Gasteiger partial charge in [0.05, 0.1) is 0 Å².